The number of hydrogen-bond donors (Lipinski definition) is 3. The Morgan fingerprint density at radius 3 is 2.55 bits per heavy atom. The molecule has 1 unspecified atom stereocenters. The second kappa shape index (κ2) is 6.83. The van der Waals surface area contributed by atoms with Crippen molar-refractivity contribution in [1.82, 2.24) is 4.72 Å². The number of nitrogens with two attached hydrogens (primary N) is 1. The Kier molecular flexibility index (Phi) is 5.67. The average Bonchev–Trinajstić information content (AvgIpc) is 2.42. The molecule has 1 rings (SSSR count). The summed E-state index contributed by atoms with van der Waals surface area (Å²) in [4.78, 5) is 12.1. The fourth-order valence-corrected chi connectivity index (χ4v) is 2.47. The number of benzene rings is 1. The Hall–Kier alpha value is -1.44. The summed E-state index contributed by atoms with van der Waals surface area (Å²) >= 11 is 0. The molecule has 1 atom stereocenters. The van der Waals surface area contributed by atoms with Gasteiger partial charge in [0.15, 0.2) is 0 Å². The van der Waals surface area contributed by atoms with Gasteiger partial charge >= 0.3 is 0 Å². The second-order valence-electron chi connectivity index (χ2n) is 4.51. The van der Waals surface area contributed by atoms with Gasteiger partial charge in [-0.05, 0) is 38.1 Å². The van der Waals surface area contributed by atoms with Gasteiger partial charge in [0, 0.05) is 12.2 Å². The number of hydrogen-bond acceptors (Lipinski definition) is 4. The molecule has 1 amide bonds. The third-order valence-electron chi connectivity index (χ3n) is 3.19. The van der Waals surface area contributed by atoms with Crippen molar-refractivity contribution in [2.45, 2.75) is 25.2 Å². The van der Waals surface area contributed by atoms with Crippen molar-refractivity contribution in [2.75, 3.05) is 18.9 Å². The Bertz CT molecular complexity index is 581. The van der Waals surface area contributed by atoms with E-state index in [0.717, 1.165) is 5.56 Å². The van der Waals surface area contributed by atoms with Crippen LogP contribution in [0.15, 0.2) is 23.1 Å². The van der Waals surface area contributed by atoms with Crippen LogP contribution in [0.1, 0.15) is 18.9 Å². The van der Waals surface area contributed by atoms with Crippen LogP contribution in [0.2, 0.25) is 0 Å². The zero-order chi connectivity index (χ0) is 15.3. The molecule has 0 aliphatic rings. The first-order valence-corrected chi connectivity index (χ1v) is 7.89. The predicted molar refractivity (Wildman–Crippen MR) is 78.9 cm³/mol. The first-order valence-electron chi connectivity index (χ1n) is 6.40. The zero-order valence-electron chi connectivity index (χ0n) is 11.9. The van der Waals surface area contributed by atoms with Crippen LogP contribution < -0.4 is 15.8 Å². The van der Waals surface area contributed by atoms with E-state index in [1.807, 2.05) is 6.92 Å². The topological polar surface area (TPSA) is 101 Å². The summed E-state index contributed by atoms with van der Waals surface area (Å²) < 4.78 is 25.7. The Balaban J connectivity index is 3.07. The molecule has 0 saturated heterocycles. The van der Waals surface area contributed by atoms with Crippen LogP contribution in [0.5, 0.6) is 0 Å². The molecule has 0 aliphatic heterocycles. The average molecular weight is 299 g/mol. The van der Waals surface area contributed by atoms with Crippen molar-refractivity contribution in [3.8, 4) is 0 Å². The van der Waals surface area contributed by atoms with E-state index in [9.17, 15) is 13.2 Å². The van der Waals surface area contributed by atoms with Gasteiger partial charge in [-0.15, -0.1) is 0 Å². The summed E-state index contributed by atoms with van der Waals surface area (Å²) in [7, 11) is -2.19. The molecule has 112 valence electrons. The molecular formula is C13H21N3O3S. The molecule has 0 aromatic heterocycles. The summed E-state index contributed by atoms with van der Waals surface area (Å²) in [6, 6.07) is 4.60. The molecule has 1 aromatic carbocycles. The number of carbonyl (C=O) groups is 1. The molecule has 0 saturated carbocycles. The molecule has 0 heterocycles. The van der Waals surface area contributed by atoms with Crippen LogP contribution >= 0.6 is 0 Å². The van der Waals surface area contributed by atoms with Crippen LogP contribution in [0.3, 0.4) is 0 Å². The van der Waals surface area contributed by atoms with Crippen molar-refractivity contribution in [3.63, 3.8) is 0 Å². The molecule has 1 aromatic rings. The molecule has 6 nitrogen and oxygen atoms in total. The third kappa shape index (κ3) is 3.78. The zero-order valence-corrected chi connectivity index (χ0v) is 12.8. The van der Waals surface area contributed by atoms with Crippen LogP contribution in [0.25, 0.3) is 0 Å². The highest BCUT2D eigenvalue weighted by atomic mass is 32.2. The van der Waals surface area contributed by atoms with Gasteiger partial charge in [0.25, 0.3) is 0 Å². The second-order valence-corrected chi connectivity index (χ2v) is 6.40. The van der Waals surface area contributed by atoms with Crippen LogP contribution in [0, 0.1) is 12.8 Å². The van der Waals surface area contributed by atoms with Crippen molar-refractivity contribution in [3.05, 3.63) is 23.8 Å². The van der Waals surface area contributed by atoms with Gasteiger partial charge in [0.05, 0.1) is 10.8 Å². The Morgan fingerprint density at radius 1 is 1.40 bits per heavy atom. The minimum atomic E-state index is -3.53. The normalized spacial score (nSPS) is 13.0. The number of amides is 1. The van der Waals surface area contributed by atoms with Gasteiger partial charge in [-0.1, -0.05) is 13.0 Å². The van der Waals surface area contributed by atoms with Gasteiger partial charge in [0.2, 0.25) is 15.9 Å². The third-order valence-corrected chi connectivity index (χ3v) is 4.61. The molecule has 20 heavy (non-hydrogen) atoms. The Labute approximate surface area is 119 Å². The van der Waals surface area contributed by atoms with Crippen molar-refractivity contribution in [1.29, 1.82) is 0 Å². The lowest BCUT2D eigenvalue weighted by molar-refractivity contribution is -0.119. The highest BCUT2D eigenvalue weighted by Crippen LogP contribution is 2.21. The van der Waals surface area contributed by atoms with E-state index in [2.05, 4.69) is 10.0 Å². The lowest BCUT2D eigenvalue weighted by atomic mass is 10.1. The first kappa shape index (κ1) is 16.6. The lowest BCUT2D eigenvalue weighted by Crippen LogP contribution is -2.29. The SMILES string of the molecule is CCC(CN)C(=O)Nc1cc(S(=O)(=O)NC)ccc1C. The number of carbonyl (C=O) groups excluding carboxylic acids is 1. The lowest BCUT2D eigenvalue weighted by Gasteiger charge is -2.15. The summed E-state index contributed by atoms with van der Waals surface area (Å²) in [5.41, 5.74) is 6.81. The van der Waals surface area contributed by atoms with Crippen molar-refractivity contribution >= 4 is 21.6 Å². The summed E-state index contributed by atoms with van der Waals surface area (Å²) in [6.45, 7) is 3.94. The molecular weight excluding hydrogens is 278 g/mol. The molecule has 7 heteroatoms. The molecule has 0 radical (unpaired) electrons. The fraction of sp³-hybridized carbons (Fsp3) is 0.462. The molecule has 4 N–H and O–H groups in total. The standard InChI is InChI=1S/C13H21N3O3S/c1-4-10(8-14)13(17)16-12-7-11(6-5-9(12)2)20(18,19)15-3/h5-7,10,15H,4,8,14H2,1-3H3,(H,16,17). The van der Waals surface area contributed by atoms with Crippen LogP contribution in [0.4, 0.5) is 5.69 Å². The molecule has 0 aliphatic carbocycles. The summed E-state index contributed by atoms with van der Waals surface area (Å²) in [5, 5.41) is 2.74. The van der Waals surface area contributed by atoms with Crippen LogP contribution in [-0.4, -0.2) is 27.9 Å². The summed E-state index contributed by atoms with van der Waals surface area (Å²) in [5.74, 6) is -0.476. The minimum Gasteiger partial charge on any atom is -0.330 e. The Morgan fingerprint density at radius 2 is 2.05 bits per heavy atom. The van der Waals surface area contributed by atoms with Gasteiger partial charge in [-0.25, -0.2) is 13.1 Å². The predicted octanol–water partition coefficient (Wildman–Crippen LogP) is 0.827. The van der Waals surface area contributed by atoms with Gasteiger partial charge < -0.3 is 11.1 Å². The number of anilines is 1. The first-order chi connectivity index (χ1) is 9.35. The van der Waals surface area contributed by atoms with E-state index < -0.39 is 10.0 Å². The van der Waals surface area contributed by atoms with Gasteiger partial charge in [-0.3, -0.25) is 4.79 Å². The van der Waals surface area contributed by atoms with E-state index in [4.69, 9.17) is 5.73 Å². The smallest absolute Gasteiger partial charge is 0.240 e. The van der Waals surface area contributed by atoms with E-state index in [-0.39, 0.29) is 23.3 Å². The fourth-order valence-electron chi connectivity index (χ4n) is 1.71. The number of sulfonamides is 1. The van der Waals surface area contributed by atoms with Gasteiger partial charge in [0.1, 0.15) is 0 Å². The maximum absolute atomic E-state index is 12.0. The number of nitrogens with one attached hydrogen (secondary N) is 2. The van der Waals surface area contributed by atoms with E-state index in [1.54, 1.807) is 13.0 Å². The van der Waals surface area contributed by atoms with E-state index in [0.29, 0.717) is 12.1 Å². The molecule has 0 fully saturated rings. The van der Waals surface area contributed by atoms with Gasteiger partial charge in [-0.2, -0.15) is 0 Å². The van der Waals surface area contributed by atoms with Crippen molar-refractivity contribution < 1.29 is 13.2 Å². The molecule has 0 bridgehead atoms. The monoisotopic (exact) mass is 299 g/mol. The number of rotatable bonds is 6. The highest BCUT2D eigenvalue weighted by Gasteiger charge is 2.17. The minimum absolute atomic E-state index is 0.113. The quantitative estimate of drug-likeness (QED) is 0.724. The van der Waals surface area contributed by atoms with Crippen molar-refractivity contribution in [2.24, 2.45) is 11.7 Å². The van der Waals surface area contributed by atoms with E-state index >= 15 is 0 Å². The summed E-state index contributed by atoms with van der Waals surface area (Å²) in [6.07, 6.45) is 0.635. The van der Waals surface area contributed by atoms with Crippen LogP contribution in [-0.2, 0) is 14.8 Å². The molecule has 0 spiro atoms. The maximum atomic E-state index is 12.0. The largest absolute Gasteiger partial charge is 0.330 e. The maximum Gasteiger partial charge on any atom is 0.240 e. The van der Waals surface area contributed by atoms with E-state index in [1.165, 1.54) is 19.2 Å². The number of aryl methyl sites for hydroxylation is 1. The highest BCUT2D eigenvalue weighted by molar-refractivity contribution is 7.89.